The highest BCUT2D eigenvalue weighted by Gasteiger charge is 2.26. The third-order valence-electron chi connectivity index (χ3n) is 13.8. The topological polar surface area (TPSA) is 133 Å². The lowest BCUT2D eigenvalue weighted by atomic mass is 9.98. The van der Waals surface area contributed by atoms with Crippen LogP contribution in [0, 0.1) is 63.2 Å². The average Bonchev–Trinajstić information content (AvgIpc) is 3.97. The van der Waals surface area contributed by atoms with Gasteiger partial charge in [-0.15, -0.1) is 0 Å². The van der Waals surface area contributed by atoms with Crippen LogP contribution in [0.5, 0.6) is 0 Å². The van der Waals surface area contributed by atoms with E-state index < -0.39 is 0 Å². The molecular formula is C66H34N8. The molecule has 0 aliphatic rings. The summed E-state index contributed by atoms with van der Waals surface area (Å²) in [4.78, 5) is 4.55. The molecule has 0 spiro atoms. The molecule has 2 aromatic heterocycles. The van der Waals surface area contributed by atoms with E-state index in [4.69, 9.17) is 0 Å². The third kappa shape index (κ3) is 7.35. The van der Waals surface area contributed by atoms with Crippen molar-refractivity contribution in [2.75, 3.05) is 0 Å². The first-order valence-electron chi connectivity index (χ1n) is 23.6. The lowest BCUT2D eigenvalue weighted by Crippen LogP contribution is -2.03. The molecule has 12 aromatic rings. The van der Waals surface area contributed by atoms with Gasteiger partial charge in [0.2, 0.25) is 5.69 Å². The summed E-state index contributed by atoms with van der Waals surface area (Å²) in [5, 5.41) is 53.7. The fraction of sp³-hybridized carbons (Fsp3) is 0. The molecule has 2 heterocycles. The van der Waals surface area contributed by atoms with Gasteiger partial charge >= 0.3 is 0 Å². The predicted octanol–water partition coefficient (Wildman–Crippen LogP) is 16.1. The Bertz CT molecular complexity index is 4410. The Labute approximate surface area is 425 Å². The zero-order valence-corrected chi connectivity index (χ0v) is 39.2. The van der Waals surface area contributed by atoms with E-state index in [1.54, 1.807) is 30.3 Å². The van der Waals surface area contributed by atoms with Crippen molar-refractivity contribution in [3.05, 3.63) is 245 Å². The van der Waals surface area contributed by atoms with Gasteiger partial charge in [0.25, 0.3) is 0 Å². The molecule has 0 atom stereocenters. The predicted molar refractivity (Wildman–Crippen MR) is 292 cm³/mol. The van der Waals surface area contributed by atoms with E-state index >= 15 is 0 Å². The van der Waals surface area contributed by atoms with Crippen LogP contribution in [0.1, 0.15) is 27.8 Å². The Morgan fingerprint density at radius 1 is 0.311 bits per heavy atom. The molecule has 0 unspecified atom stereocenters. The van der Waals surface area contributed by atoms with Crippen molar-refractivity contribution in [2.45, 2.75) is 0 Å². The van der Waals surface area contributed by atoms with Gasteiger partial charge in [0.1, 0.15) is 0 Å². The fourth-order valence-electron chi connectivity index (χ4n) is 10.4. The molecule has 0 aliphatic heterocycles. The second kappa shape index (κ2) is 17.9. The smallest absolute Gasteiger partial charge is 0.234 e. The molecule has 74 heavy (non-hydrogen) atoms. The second-order valence-electron chi connectivity index (χ2n) is 18.0. The number of nitriles is 5. The maximum Gasteiger partial charge on any atom is 0.234 e. The standard InChI is InChI=1S/C66H34N8/c1-72-65-60(73-61-32-50(46-12-2-7-41(27-46)36-67)17-21-56(61)57-22-18-51(33-62(57)73)47-13-3-8-42(28-47)37-68)26-25-55(54-16-6-11-45(31-54)40-71)66(65)74-63-34-52(48-14-4-9-43(29-48)38-69)19-23-58(63)59-24-20-53(35-64(59)74)49-15-5-10-44(30-49)39-70/h2-35H. The van der Waals surface area contributed by atoms with E-state index in [2.05, 4.69) is 117 Å². The summed E-state index contributed by atoms with van der Waals surface area (Å²) in [5.74, 6) is 0. The molecule has 8 heteroatoms. The summed E-state index contributed by atoms with van der Waals surface area (Å²) in [6.45, 7) is 9.41. The molecule has 8 nitrogen and oxygen atoms in total. The number of hydrogen-bond donors (Lipinski definition) is 0. The van der Waals surface area contributed by atoms with Crippen LogP contribution in [0.15, 0.2) is 206 Å². The van der Waals surface area contributed by atoms with Gasteiger partial charge in [-0.1, -0.05) is 115 Å². The van der Waals surface area contributed by atoms with Crippen molar-refractivity contribution < 1.29 is 0 Å². The Hall–Kier alpha value is -11.3. The first-order chi connectivity index (χ1) is 36.4. The van der Waals surface area contributed by atoms with Crippen LogP contribution in [0.2, 0.25) is 0 Å². The Balaban J connectivity index is 1.24. The zero-order chi connectivity index (χ0) is 50.5. The van der Waals surface area contributed by atoms with Crippen LogP contribution in [-0.4, -0.2) is 9.13 Å². The van der Waals surface area contributed by atoms with Crippen molar-refractivity contribution in [3.8, 4) is 97.4 Å². The highest BCUT2D eigenvalue weighted by Crippen LogP contribution is 2.48. The van der Waals surface area contributed by atoms with E-state index in [1.165, 1.54) is 0 Å². The fourth-order valence-corrected chi connectivity index (χ4v) is 10.4. The summed E-state index contributed by atoms with van der Waals surface area (Å²) in [6.07, 6.45) is 0. The monoisotopic (exact) mass is 938 g/mol. The summed E-state index contributed by atoms with van der Waals surface area (Å²) < 4.78 is 4.31. The van der Waals surface area contributed by atoms with Crippen molar-refractivity contribution in [1.82, 2.24) is 9.13 Å². The summed E-state index contributed by atoms with van der Waals surface area (Å²) in [5.41, 5.74) is 15.8. The van der Waals surface area contributed by atoms with Gasteiger partial charge in [-0.3, -0.25) is 0 Å². The quantitative estimate of drug-likeness (QED) is 0.147. The van der Waals surface area contributed by atoms with Gasteiger partial charge < -0.3 is 9.13 Å². The minimum atomic E-state index is 0.338. The first-order valence-corrected chi connectivity index (χ1v) is 23.6. The number of nitrogens with zero attached hydrogens (tertiary/aromatic N) is 8. The lowest BCUT2D eigenvalue weighted by molar-refractivity contribution is 1.15. The number of fused-ring (bicyclic) bond motifs is 6. The zero-order valence-electron chi connectivity index (χ0n) is 39.2. The second-order valence-corrected chi connectivity index (χ2v) is 18.0. The van der Waals surface area contributed by atoms with Gasteiger partial charge in [0.05, 0.1) is 98.2 Å². The number of rotatable bonds is 7. The van der Waals surface area contributed by atoms with Gasteiger partial charge in [-0.25, -0.2) is 4.85 Å². The maximum absolute atomic E-state index is 10.3. The molecule has 0 amide bonds. The number of benzene rings is 10. The van der Waals surface area contributed by atoms with E-state index in [-0.39, 0.29) is 0 Å². The van der Waals surface area contributed by atoms with Crippen LogP contribution in [-0.2, 0) is 0 Å². The van der Waals surface area contributed by atoms with Crippen LogP contribution in [0.25, 0.3) is 115 Å². The molecule has 12 rings (SSSR count). The first kappa shape index (κ1) is 44.0. The van der Waals surface area contributed by atoms with Crippen molar-refractivity contribution in [2.24, 2.45) is 0 Å². The summed E-state index contributed by atoms with van der Waals surface area (Å²) in [7, 11) is 0. The summed E-state index contributed by atoms with van der Waals surface area (Å²) >= 11 is 0. The van der Waals surface area contributed by atoms with Gasteiger partial charge in [-0.2, -0.15) is 26.3 Å². The van der Waals surface area contributed by atoms with Gasteiger partial charge in [0, 0.05) is 21.5 Å². The maximum atomic E-state index is 10.3. The van der Waals surface area contributed by atoms with Crippen LogP contribution in [0.3, 0.4) is 0 Å². The summed E-state index contributed by atoms with van der Waals surface area (Å²) in [6, 6.07) is 78.0. The molecule has 0 N–H and O–H groups in total. The van der Waals surface area contributed by atoms with E-state index in [0.717, 1.165) is 93.7 Å². The van der Waals surface area contributed by atoms with Gasteiger partial charge in [-0.05, 0) is 147 Å². The highest BCUT2D eigenvalue weighted by atomic mass is 15.1. The molecular weight excluding hydrogens is 905 g/mol. The van der Waals surface area contributed by atoms with Crippen molar-refractivity contribution in [1.29, 1.82) is 26.3 Å². The SMILES string of the molecule is [C-]#[N+]c1c(-n2c3cc(-c4cccc(C#N)c4)ccc3c3ccc(-c4cccc(C#N)c4)cc32)ccc(-c2cccc(C#N)c2)c1-n1c2cc(-c3cccc(C#N)c3)ccc2c2ccc(-c3cccc(C#N)c3)cc21. The number of aromatic nitrogens is 2. The Morgan fingerprint density at radius 3 is 0.932 bits per heavy atom. The Kier molecular flexibility index (Phi) is 10.7. The normalized spacial score (nSPS) is 10.9. The van der Waals surface area contributed by atoms with E-state index in [1.807, 2.05) is 103 Å². The molecule has 0 saturated heterocycles. The molecule has 0 radical (unpaired) electrons. The van der Waals surface area contributed by atoms with Crippen LogP contribution < -0.4 is 0 Å². The minimum Gasteiger partial charge on any atom is -0.319 e. The third-order valence-corrected chi connectivity index (χ3v) is 13.8. The highest BCUT2D eigenvalue weighted by molar-refractivity contribution is 6.14. The van der Waals surface area contributed by atoms with Crippen LogP contribution in [0.4, 0.5) is 5.69 Å². The number of hydrogen-bond acceptors (Lipinski definition) is 5. The molecule has 0 fully saturated rings. The lowest BCUT2D eigenvalue weighted by Gasteiger charge is -2.21. The van der Waals surface area contributed by atoms with E-state index in [0.29, 0.717) is 50.4 Å². The molecule has 0 aliphatic carbocycles. The van der Waals surface area contributed by atoms with E-state index in [9.17, 15) is 32.9 Å². The molecule has 338 valence electrons. The van der Waals surface area contributed by atoms with Crippen molar-refractivity contribution >= 4 is 49.3 Å². The minimum absolute atomic E-state index is 0.338. The molecule has 0 bridgehead atoms. The molecule has 0 saturated carbocycles. The Morgan fingerprint density at radius 2 is 0.608 bits per heavy atom. The van der Waals surface area contributed by atoms with Crippen molar-refractivity contribution in [3.63, 3.8) is 0 Å². The van der Waals surface area contributed by atoms with Crippen LogP contribution >= 0.6 is 0 Å². The largest absolute Gasteiger partial charge is 0.319 e. The average molecular weight is 939 g/mol. The van der Waals surface area contributed by atoms with Gasteiger partial charge in [0.15, 0.2) is 0 Å². The molecule has 10 aromatic carbocycles.